The monoisotopic (exact) mass is 456 g/mol. The number of nitrogen functional groups attached to an aromatic ring is 1. The Labute approximate surface area is 194 Å². The van der Waals surface area contributed by atoms with E-state index in [1.165, 1.54) is 29.2 Å². The van der Waals surface area contributed by atoms with Crippen molar-refractivity contribution in [2.24, 2.45) is 0 Å². The second kappa shape index (κ2) is 8.79. The molecule has 0 saturated carbocycles. The van der Waals surface area contributed by atoms with Gasteiger partial charge >= 0.3 is 0 Å². The van der Waals surface area contributed by atoms with E-state index in [1.807, 2.05) is 0 Å². The molecule has 1 fully saturated rings. The molecule has 6 nitrogen and oxygen atoms in total. The number of nitrogens with two attached hydrogens (primary N) is 1. The van der Waals surface area contributed by atoms with Crippen LogP contribution in [0.5, 0.6) is 5.75 Å². The average molecular weight is 457 g/mol. The maximum absolute atomic E-state index is 14.1. The van der Waals surface area contributed by atoms with E-state index in [9.17, 15) is 4.39 Å². The number of nitrogens with zero attached hydrogens (tertiary/aromatic N) is 3. The highest BCUT2D eigenvalue weighted by Crippen LogP contribution is 2.37. The lowest BCUT2D eigenvalue weighted by atomic mass is 10.1. The number of anilines is 1. The van der Waals surface area contributed by atoms with E-state index in [2.05, 4.69) is 15.4 Å². The summed E-state index contributed by atoms with van der Waals surface area (Å²) < 4.78 is 77.0. The molecule has 1 aromatic carbocycles. The summed E-state index contributed by atoms with van der Waals surface area (Å²) in [4.78, 5) is 4.08. The minimum Gasteiger partial charge on any atom is -0.482 e. The summed E-state index contributed by atoms with van der Waals surface area (Å²) in [6.45, 7) is -6.65. The lowest BCUT2D eigenvalue weighted by Gasteiger charge is -2.22. The van der Waals surface area contributed by atoms with E-state index in [4.69, 9.17) is 43.3 Å². The summed E-state index contributed by atoms with van der Waals surface area (Å²) in [6, 6.07) is 3.07. The summed E-state index contributed by atoms with van der Waals surface area (Å²) in [5, 5.41) is 6.02. The molecule has 0 aliphatic carbocycles. The molecular formula is C21H22Cl2FN5O. The molecule has 158 valence electrons. The normalized spacial score (nSPS) is 23.1. The number of hydrogen-bond donors (Lipinski definition) is 2. The maximum atomic E-state index is 14.1. The van der Waals surface area contributed by atoms with Crippen LogP contribution in [0.4, 0.5) is 10.2 Å². The Morgan fingerprint density at radius 3 is 2.90 bits per heavy atom. The predicted octanol–water partition coefficient (Wildman–Crippen LogP) is 5.04. The Balaban J connectivity index is 1.67. The van der Waals surface area contributed by atoms with Crippen molar-refractivity contribution in [1.29, 1.82) is 0 Å². The zero-order chi connectivity index (χ0) is 27.3. The fourth-order valence-corrected chi connectivity index (χ4v) is 3.59. The summed E-state index contributed by atoms with van der Waals surface area (Å²) in [7, 11) is 0. The first-order valence-electron chi connectivity index (χ1n) is 12.5. The Bertz CT molecular complexity index is 1300. The van der Waals surface area contributed by atoms with Gasteiger partial charge in [-0.3, -0.25) is 4.68 Å². The zero-order valence-electron chi connectivity index (χ0n) is 22.5. The van der Waals surface area contributed by atoms with Gasteiger partial charge in [0.05, 0.1) is 17.3 Å². The smallest absolute Gasteiger partial charge is 0.166 e. The van der Waals surface area contributed by atoms with Gasteiger partial charge in [-0.1, -0.05) is 23.2 Å². The largest absolute Gasteiger partial charge is 0.482 e. The molecule has 9 heteroatoms. The first-order valence-corrected chi connectivity index (χ1v) is 9.71. The number of benzene rings is 1. The number of nitrogens with one attached hydrogen (secondary N) is 1. The van der Waals surface area contributed by atoms with Gasteiger partial charge in [-0.2, -0.15) is 5.10 Å². The standard InChI is InChI=1S/C21H22Cl2FN5O/c1-12(19-16(22)2-3-17(24)20(19)23)30-18-8-13(9-27-21(18)25)14-10-28-29(11-14)15-4-6-26-7-5-15/h2-3,8-12,15,26H,4-7H2,1H3,(H2,25,27)/i1D3,6D2,7D2. The molecule has 1 unspecified atom stereocenters. The molecule has 0 spiro atoms. The number of hydrogen-bond acceptors (Lipinski definition) is 5. The number of halogens is 3. The van der Waals surface area contributed by atoms with Gasteiger partial charge in [0.1, 0.15) is 11.9 Å². The average Bonchev–Trinajstić information content (AvgIpc) is 3.25. The lowest BCUT2D eigenvalue weighted by Crippen LogP contribution is -2.29. The molecule has 2 aromatic heterocycles. The molecule has 3 aromatic rings. The fourth-order valence-electron chi connectivity index (χ4n) is 3.02. The molecule has 0 amide bonds. The van der Waals surface area contributed by atoms with Crippen LogP contribution < -0.4 is 15.8 Å². The van der Waals surface area contributed by atoms with Crippen molar-refractivity contribution in [1.82, 2.24) is 20.1 Å². The van der Waals surface area contributed by atoms with E-state index in [-0.39, 0.29) is 35.0 Å². The summed E-state index contributed by atoms with van der Waals surface area (Å²) >= 11 is 12.2. The Morgan fingerprint density at radius 2 is 2.13 bits per heavy atom. The van der Waals surface area contributed by atoms with Crippen molar-refractivity contribution >= 4 is 29.0 Å². The molecule has 0 radical (unpaired) electrons. The molecule has 30 heavy (non-hydrogen) atoms. The minimum absolute atomic E-state index is 0.00258. The van der Waals surface area contributed by atoms with Crippen LogP contribution in [0.3, 0.4) is 0 Å². The van der Waals surface area contributed by atoms with Crippen LogP contribution in [0, 0.1) is 5.82 Å². The third-order valence-corrected chi connectivity index (χ3v) is 5.34. The fraction of sp³-hybridized carbons (Fsp3) is 0.333. The van der Waals surface area contributed by atoms with Crippen LogP contribution in [-0.2, 0) is 0 Å². The maximum Gasteiger partial charge on any atom is 0.166 e. The molecule has 1 saturated heterocycles. The highest BCUT2D eigenvalue weighted by molar-refractivity contribution is 6.36. The topological polar surface area (TPSA) is 78.0 Å². The number of pyridine rings is 1. The van der Waals surface area contributed by atoms with Gasteiger partial charge < -0.3 is 15.8 Å². The van der Waals surface area contributed by atoms with Gasteiger partial charge in [-0.05, 0) is 50.9 Å². The molecular weight excluding hydrogens is 428 g/mol. The first kappa shape index (κ1) is 13.9. The second-order valence-electron chi connectivity index (χ2n) is 6.61. The van der Waals surface area contributed by atoms with Crippen LogP contribution >= 0.6 is 23.2 Å². The molecule has 1 aliphatic heterocycles. The first-order chi connectivity index (χ1) is 17.1. The van der Waals surface area contributed by atoms with E-state index in [0.717, 1.165) is 6.07 Å². The van der Waals surface area contributed by atoms with Crippen LogP contribution in [0.1, 0.15) is 47.0 Å². The van der Waals surface area contributed by atoms with Crippen molar-refractivity contribution in [2.45, 2.75) is 31.8 Å². The SMILES string of the molecule is [2H]C1([2H])CC(n2cc(-c3cnc(N)c(OC(c4c(Cl)ccc(F)c4Cl)C([2H])([2H])[2H])c3)cn2)CC([2H])([2H])N1. The molecule has 4 rings (SSSR count). The Morgan fingerprint density at radius 1 is 1.33 bits per heavy atom. The highest BCUT2D eigenvalue weighted by Gasteiger charge is 2.21. The molecule has 1 aliphatic rings. The van der Waals surface area contributed by atoms with Crippen molar-refractivity contribution in [3.63, 3.8) is 0 Å². The summed E-state index contributed by atoms with van der Waals surface area (Å²) in [6.07, 6.45) is 2.72. The van der Waals surface area contributed by atoms with Crippen LogP contribution in [0.2, 0.25) is 10.0 Å². The van der Waals surface area contributed by atoms with Gasteiger partial charge in [-0.25, -0.2) is 9.37 Å². The third kappa shape index (κ3) is 4.24. The van der Waals surface area contributed by atoms with Crippen molar-refractivity contribution in [3.05, 3.63) is 58.2 Å². The molecule has 1 atom stereocenters. The molecule has 3 N–H and O–H groups in total. The van der Waals surface area contributed by atoms with Gasteiger partial charge in [0.2, 0.25) is 0 Å². The van der Waals surface area contributed by atoms with Crippen molar-refractivity contribution in [2.75, 3.05) is 18.7 Å². The number of rotatable bonds is 5. The Kier molecular flexibility index (Phi) is 4.06. The van der Waals surface area contributed by atoms with Gasteiger partial charge in [-0.15, -0.1) is 0 Å². The van der Waals surface area contributed by atoms with Crippen LogP contribution in [-0.4, -0.2) is 27.8 Å². The number of ether oxygens (including phenoxy) is 1. The summed E-state index contributed by atoms with van der Waals surface area (Å²) in [5.74, 6) is -1.11. The number of aromatic nitrogens is 3. The lowest BCUT2D eigenvalue weighted by molar-refractivity contribution is 0.227. The van der Waals surface area contributed by atoms with Crippen LogP contribution in [0.25, 0.3) is 11.1 Å². The van der Waals surface area contributed by atoms with E-state index in [0.29, 0.717) is 11.1 Å². The van der Waals surface area contributed by atoms with E-state index < -0.39 is 42.8 Å². The van der Waals surface area contributed by atoms with Crippen LogP contribution in [0.15, 0.2) is 36.8 Å². The van der Waals surface area contributed by atoms with Gasteiger partial charge in [0.15, 0.2) is 11.6 Å². The van der Waals surface area contributed by atoms with Crippen molar-refractivity contribution in [3.8, 4) is 16.9 Å². The highest BCUT2D eigenvalue weighted by atomic mass is 35.5. The zero-order valence-corrected chi connectivity index (χ0v) is 17.0. The predicted molar refractivity (Wildman–Crippen MR) is 116 cm³/mol. The number of piperidine rings is 1. The van der Waals surface area contributed by atoms with Crippen molar-refractivity contribution < 1.29 is 18.7 Å². The van der Waals surface area contributed by atoms with E-state index in [1.54, 1.807) is 6.20 Å². The molecule has 3 heterocycles. The quantitative estimate of drug-likeness (QED) is 0.525. The van der Waals surface area contributed by atoms with Gasteiger partial charge in [0.25, 0.3) is 0 Å². The molecule has 0 bridgehead atoms. The minimum atomic E-state index is -2.80. The third-order valence-electron chi connectivity index (χ3n) is 4.63. The van der Waals surface area contributed by atoms with Gasteiger partial charge in [0, 0.05) is 43.7 Å². The van der Waals surface area contributed by atoms with E-state index >= 15 is 0 Å². The Hall–Kier alpha value is -2.35. The summed E-state index contributed by atoms with van der Waals surface area (Å²) in [5.41, 5.74) is 6.66. The second-order valence-corrected chi connectivity index (χ2v) is 7.40.